The predicted octanol–water partition coefficient (Wildman–Crippen LogP) is 4.38. The van der Waals surface area contributed by atoms with E-state index in [-0.39, 0.29) is 29.6 Å². The number of carbonyl (C=O) groups is 2. The zero-order valence-corrected chi connectivity index (χ0v) is 16.2. The van der Waals surface area contributed by atoms with Crippen LogP contribution in [0.2, 0.25) is 0 Å². The predicted molar refractivity (Wildman–Crippen MR) is 104 cm³/mol. The summed E-state index contributed by atoms with van der Waals surface area (Å²) < 4.78 is 28.9. The minimum atomic E-state index is -0.812. The van der Waals surface area contributed by atoms with Crippen LogP contribution in [0.3, 0.4) is 0 Å². The second kappa shape index (κ2) is 6.92. The van der Waals surface area contributed by atoms with Gasteiger partial charge in [-0.2, -0.15) is 5.10 Å². The van der Waals surface area contributed by atoms with Crippen LogP contribution in [0.1, 0.15) is 45.1 Å². The van der Waals surface area contributed by atoms with Gasteiger partial charge in [0.25, 0.3) is 0 Å². The number of aryl methyl sites for hydroxylation is 3. The maximum Gasteiger partial charge on any atom is 0.226 e. The third kappa shape index (κ3) is 3.22. The first kappa shape index (κ1) is 19.0. The number of ketones is 1. The molecule has 1 N–H and O–H groups in total. The number of aromatic nitrogens is 2. The highest BCUT2D eigenvalue weighted by Crippen LogP contribution is 2.39. The number of fused-ring (bicyclic) bond motifs is 1. The van der Waals surface area contributed by atoms with Gasteiger partial charge in [-0.15, -0.1) is 0 Å². The summed E-state index contributed by atoms with van der Waals surface area (Å²) in [5.41, 5.74) is 3.38. The van der Waals surface area contributed by atoms with Crippen LogP contribution in [0.15, 0.2) is 36.4 Å². The highest BCUT2D eigenvalue weighted by atomic mass is 19.1. The average Bonchev–Trinajstić information content (AvgIpc) is 2.98. The summed E-state index contributed by atoms with van der Waals surface area (Å²) in [4.78, 5) is 25.7. The van der Waals surface area contributed by atoms with E-state index in [9.17, 15) is 18.4 Å². The molecule has 0 saturated carbocycles. The van der Waals surface area contributed by atoms with Gasteiger partial charge in [-0.3, -0.25) is 9.59 Å². The fourth-order valence-corrected chi connectivity index (χ4v) is 3.79. The van der Waals surface area contributed by atoms with Crippen LogP contribution in [0.4, 0.5) is 14.6 Å². The first-order valence-corrected chi connectivity index (χ1v) is 9.22. The molecule has 0 aliphatic carbocycles. The molecule has 2 aromatic carbocycles. The van der Waals surface area contributed by atoms with E-state index in [0.29, 0.717) is 16.8 Å². The molecule has 0 fully saturated rings. The molecule has 1 amide bonds. The van der Waals surface area contributed by atoms with E-state index in [1.54, 1.807) is 6.92 Å². The van der Waals surface area contributed by atoms with Gasteiger partial charge in [0.1, 0.15) is 17.3 Å². The van der Waals surface area contributed by atoms with E-state index in [1.165, 1.54) is 10.7 Å². The molecule has 0 bridgehead atoms. The Labute approximate surface area is 166 Å². The lowest BCUT2D eigenvalue weighted by Crippen LogP contribution is -2.29. The molecule has 0 unspecified atom stereocenters. The highest BCUT2D eigenvalue weighted by molar-refractivity contribution is 6.08. The highest BCUT2D eigenvalue weighted by Gasteiger charge is 2.37. The van der Waals surface area contributed by atoms with Crippen LogP contribution in [0, 0.1) is 32.4 Å². The molecular formula is C22H19F2N3O2. The third-order valence-corrected chi connectivity index (χ3v) is 5.22. The van der Waals surface area contributed by atoms with Crippen molar-refractivity contribution in [3.63, 3.8) is 0 Å². The van der Waals surface area contributed by atoms with E-state index in [2.05, 4.69) is 10.4 Å². The van der Waals surface area contributed by atoms with Crippen LogP contribution in [-0.2, 0) is 4.79 Å². The minimum Gasteiger partial charge on any atom is -0.310 e. The van der Waals surface area contributed by atoms with E-state index in [0.717, 1.165) is 23.3 Å². The van der Waals surface area contributed by atoms with Crippen molar-refractivity contribution in [1.82, 2.24) is 9.78 Å². The molecule has 1 atom stereocenters. The first-order valence-electron chi connectivity index (χ1n) is 9.22. The standard InChI is InChI=1S/C22H19F2N3O2/c1-11-4-5-12(2)15(8-11)21(29)16-10-19(28)25-22-20(16)13(3)26-27(22)18-7-6-14(23)9-17(18)24/h4-9,16H,10H2,1-3H3,(H,25,28)/t16-/m1/s1. The number of Topliss-reactive ketones (excluding diaryl/α,β-unsaturated/α-hetero) is 1. The summed E-state index contributed by atoms with van der Waals surface area (Å²) in [5.74, 6) is -2.54. The number of nitrogens with one attached hydrogen (secondary N) is 1. The van der Waals surface area contributed by atoms with Crippen molar-refractivity contribution in [2.75, 3.05) is 5.32 Å². The van der Waals surface area contributed by atoms with Crippen molar-refractivity contribution >= 4 is 17.5 Å². The van der Waals surface area contributed by atoms with Gasteiger partial charge < -0.3 is 5.32 Å². The van der Waals surface area contributed by atoms with Crippen molar-refractivity contribution in [3.8, 4) is 5.69 Å². The number of rotatable bonds is 3. The Bertz CT molecular complexity index is 1170. The summed E-state index contributed by atoms with van der Waals surface area (Å²) in [7, 11) is 0. The molecule has 29 heavy (non-hydrogen) atoms. The maximum atomic E-state index is 14.4. The fraction of sp³-hybridized carbons (Fsp3) is 0.227. The number of hydrogen-bond donors (Lipinski definition) is 1. The largest absolute Gasteiger partial charge is 0.310 e. The Morgan fingerprint density at radius 1 is 1.14 bits per heavy atom. The molecule has 148 valence electrons. The van der Waals surface area contributed by atoms with Gasteiger partial charge >= 0.3 is 0 Å². The molecule has 0 radical (unpaired) electrons. The Morgan fingerprint density at radius 3 is 2.62 bits per heavy atom. The lowest BCUT2D eigenvalue weighted by Gasteiger charge is -2.24. The van der Waals surface area contributed by atoms with Gasteiger partial charge in [0.15, 0.2) is 11.6 Å². The van der Waals surface area contributed by atoms with Gasteiger partial charge in [-0.25, -0.2) is 13.5 Å². The van der Waals surface area contributed by atoms with Crippen LogP contribution in [-0.4, -0.2) is 21.5 Å². The normalized spacial score (nSPS) is 15.8. The summed E-state index contributed by atoms with van der Waals surface area (Å²) >= 11 is 0. The molecule has 0 saturated heterocycles. The average molecular weight is 395 g/mol. The SMILES string of the molecule is Cc1ccc(C)c(C(=O)[C@@H]2CC(=O)Nc3c2c(C)nn3-c2ccc(F)cc2F)c1. The molecule has 0 spiro atoms. The van der Waals surface area contributed by atoms with Crippen LogP contribution in [0.25, 0.3) is 5.69 Å². The van der Waals surface area contributed by atoms with Gasteiger partial charge in [0.05, 0.1) is 11.6 Å². The zero-order chi connectivity index (χ0) is 20.9. The van der Waals surface area contributed by atoms with E-state index in [1.807, 2.05) is 32.0 Å². The quantitative estimate of drug-likeness (QED) is 0.669. The first-order chi connectivity index (χ1) is 13.8. The number of nitrogens with zero attached hydrogens (tertiary/aromatic N) is 2. The van der Waals surface area contributed by atoms with Crippen molar-refractivity contribution < 1.29 is 18.4 Å². The Morgan fingerprint density at radius 2 is 1.90 bits per heavy atom. The van der Waals surface area contributed by atoms with Crippen molar-refractivity contribution in [3.05, 3.63) is 76.0 Å². The van der Waals surface area contributed by atoms with Crippen LogP contribution < -0.4 is 5.32 Å². The Balaban J connectivity index is 1.86. The Kier molecular flexibility index (Phi) is 4.53. The summed E-state index contributed by atoms with van der Waals surface area (Å²) in [5, 5.41) is 7.04. The van der Waals surface area contributed by atoms with Gasteiger partial charge in [0, 0.05) is 23.6 Å². The van der Waals surface area contributed by atoms with E-state index in [4.69, 9.17) is 0 Å². The van der Waals surface area contributed by atoms with E-state index < -0.39 is 17.6 Å². The summed E-state index contributed by atoms with van der Waals surface area (Å²) in [6, 6.07) is 8.72. The molecular weight excluding hydrogens is 376 g/mol. The molecule has 1 aliphatic rings. The zero-order valence-electron chi connectivity index (χ0n) is 16.2. The molecule has 1 aliphatic heterocycles. The van der Waals surface area contributed by atoms with Crippen LogP contribution in [0.5, 0.6) is 0 Å². The van der Waals surface area contributed by atoms with Crippen molar-refractivity contribution in [2.24, 2.45) is 0 Å². The second-order valence-corrected chi connectivity index (χ2v) is 7.34. The number of hydrogen-bond acceptors (Lipinski definition) is 3. The Hall–Kier alpha value is -3.35. The van der Waals surface area contributed by atoms with Gasteiger partial charge in [0.2, 0.25) is 5.91 Å². The van der Waals surface area contributed by atoms with Crippen molar-refractivity contribution in [1.29, 1.82) is 0 Å². The number of anilines is 1. The minimum absolute atomic E-state index is 0.00381. The third-order valence-electron chi connectivity index (χ3n) is 5.22. The van der Waals surface area contributed by atoms with Gasteiger partial charge in [-0.05, 0) is 44.5 Å². The second-order valence-electron chi connectivity index (χ2n) is 7.34. The lowest BCUT2D eigenvalue weighted by atomic mass is 9.84. The number of carbonyl (C=O) groups excluding carboxylic acids is 2. The molecule has 2 heterocycles. The lowest BCUT2D eigenvalue weighted by molar-refractivity contribution is -0.116. The number of halogens is 2. The number of amides is 1. The maximum absolute atomic E-state index is 14.4. The molecule has 1 aromatic heterocycles. The summed E-state index contributed by atoms with van der Waals surface area (Å²) in [6.45, 7) is 5.45. The molecule has 5 nitrogen and oxygen atoms in total. The topological polar surface area (TPSA) is 64.0 Å². The molecule has 3 aromatic rings. The molecule has 4 rings (SSSR count). The number of benzene rings is 2. The molecule has 7 heteroatoms. The van der Waals surface area contributed by atoms with E-state index >= 15 is 0 Å². The van der Waals surface area contributed by atoms with Gasteiger partial charge in [-0.1, -0.05) is 17.7 Å². The van der Waals surface area contributed by atoms with Crippen molar-refractivity contribution in [2.45, 2.75) is 33.1 Å². The monoisotopic (exact) mass is 395 g/mol. The smallest absolute Gasteiger partial charge is 0.226 e. The fourth-order valence-electron chi connectivity index (χ4n) is 3.79. The summed E-state index contributed by atoms with van der Waals surface area (Å²) in [6.07, 6.45) is -0.0162. The van der Waals surface area contributed by atoms with Crippen LogP contribution >= 0.6 is 0 Å².